The van der Waals surface area contributed by atoms with Crippen LogP contribution in [-0.4, -0.2) is 33.5 Å². The number of nitrogens with two attached hydrogens (primary N) is 1. The minimum atomic E-state index is -4.24. The van der Waals surface area contributed by atoms with Crippen LogP contribution in [0.25, 0.3) is 22.1 Å². The lowest BCUT2D eigenvalue weighted by Gasteiger charge is -2.21. The third-order valence-corrected chi connectivity index (χ3v) is 6.38. The molecule has 38 heavy (non-hydrogen) atoms. The van der Waals surface area contributed by atoms with E-state index in [2.05, 4.69) is 26.0 Å². The topological polar surface area (TPSA) is 153 Å². The number of carbonyl (C=O) groups is 1. The Balaban J connectivity index is 1.65. The SMILES string of the molecule is C#Cc1cccc2cc(C(C)NC(=O)c3c(NS(N)(=O)=O)nn4cccnc34)n(-c3ccccc3)c(=O)c12. The number of hydrogen-bond acceptors (Lipinski definition) is 6. The Bertz CT molecular complexity index is 1920. The summed E-state index contributed by atoms with van der Waals surface area (Å²) < 4.78 is 28.3. The Morgan fingerprint density at radius 1 is 1.13 bits per heavy atom. The molecule has 3 aromatic heterocycles. The Hall–Kier alpha value is -4.99. The second-order valence-electron chi connectivity index (χ2n) is 8.41. The summed E-state index contributed by atoms with van der Waals surface area (Å²) in [5, 5.41) is 13.1. The Morgan fingerprint density at radius 3 is 2.61 bits per heavy atom. The maximum absolute atomic E-state index is 13.8. The average Bonchev–Trinajstić information content (AvgIpc) is 3.24. The Kier molecular flexibility index (Phi) is 6.15. The van der Waals surface area contributed by atoms with Crippen molar-refractivity contribution in [2.75, 3.05) is 4.72 Å². The molecule has 190 valence electrons. The van der Waals surface area contributed by atoms with Crippen LogP contribution in [0, 0.1) is 12.3 Å². The van der Waals surface area contributed by atoms with E-state index in [0.29, 0.717) is 27.7 Å². The van der Waals surface area contributed by atoms with E-state index in [4.69, 9.17) is 11.6 Å². The molecule has 1 atom stereocenters. The van der Waals surface area contributed by atoms with Gasteiger partial charge in [0.05, 0.1) is 11.4 Å². The number of pyridine rings is 1. The molecule has 1 amide bonds. The molecule has 5 aromatic rings. The summed E-state index contributed by atoms with van der Waals surface area (Å²) in [5.74, 6) is 1.60. The van der Waals surface area contributed by atoms with Gasteiger partial charge in [0.25, 0.3) is 21.7 Å². The standard InChI is InChI=1S/C26H21N7O4S/c1-3-17-9-7-10-18-15-20(33(26(35)21(17)18)19-11-5-4-6-12-19)16(2)29-25(34)22-23(31-38(27,36)37)30-32-14-8-13-28-24(22)32/h1,4-16H,2H3,(H,29,34)(H,30,31)(H2,27,36,37). The molecular weight excluding hydrogens is 506 g/mol. The molecule has 4 N–H and O–H groups in total. The Labute approximate surface area is 217 Å². The molecule has 2 aromatic carbocycles. The fourth-order valence-electron chi connectivity index (χ4n) is 4.31. The van der Waals surface area contributed by atoms with Crippen LogP contribution in [0.2, 0.25) is 0 Å². The number of para-hydroxylation sites is 1. The van der Waals surface area contributed by atoms with Crippen LogP contribution in [0.5, 0.6) is 0 Å². The largest absolute Gasteiger partial charge is 0.344 e. The van der Waals surface area contributed by atoms with Crippen molar-refractivity contribution in [2.45, 2.75) is 13.0 Å². The number of benzene rings is 2. The maximum atomic E-state index is 13.8. The van der Waals surface area contributed by atoms with Crippen molar-refractivity contribution in [2.24, 2.45) is 5.14 Å². The number of fused-ring (bicyclic) bond motifs is 2. The lowest BCUT2D eigenvalue weighted by Crippen LogP contribution is -2.33. The molecule has 12 heteroatoms. The number of terminal acetylenes is 1. The highest BCUT2D eigenvalue weighted by Crippen LogP contribution is 2.25. The van der Waals surface area contributed by atoms with E-state index in [9.17, 15) is 18.0 Å². The zero-order chi connectivity index (χ0) is 27.0. The van der Waals surface area contributed by atoms with Gasteiger partial charge in [-0.25, -0.2) is 14.6 Å². The lowest BCUT2D eigenvalue weighted by atomic mass is 10.0. The quantitative estimate of drug-likeness (QED) is 0.288. The van der Waals surface area contributed by atoms with Crippen molar-refractivity contribution >= 4 is 38.4 Å². The second kappa shape index (κ2) is 9.47. The second-order valence-corrected chi connectivity index (χ2v) is 9.71. The summed E-state index contributed by atoms with van der Waals surface area (Å²) in [6.07, 6.45) is 8.62. The van der Waals surface area contributed by atoms with E-state index in [0.717, 1.165) is 0 Å². The van der Waals surface area contributed by atoms with Gasteiger partial charge in [-0.3, -0.25) is 18.9 Å². The van der Waals surface area contributed by atoms with E-state index in [1.165, 1.54) is 21.5 Å². The number of hydrogen-bond donors (Lipinski definition) is 3. The number of nitrogens with one attached hydrogen (secondary N) is 2. The van der Waals surface area contributed by atoms with Gasteiger partial charge in [-0.1, -0.05) is 36.3 Å². The fourth-order valence-corrected chi connectivity index (χ4v) is 4.72. The van der Waals surface area contributed by atoms with Crippen LogP contribution in [-0.2, 0) is 10.2 Å². The highest BCUT2D eigenvalue weighted by atomic mass is 32.2. The minimum Gasteiger partial charge on any atom is -0.344 e. The van der Waals surface area contributed by atoms with E-state index < -0.39 is 22.2 Å². The van der Waals surface area contributed by atoms with Gasteiger partial charge in [0.2, 0.25) is 0 Å². The highest BCUT2D eigenvalue weighted by molar-refractivity contribution is 7.90. The molecular formula is C26H21N7O4S. The molecule has 0 saturated carbocycles. The zero-order valence-electron chi connectivity index (χ0n) is 20.0. The fraction of sp³-hybridized carbons (Fsp3) is 0.0769. The first-order valence-corrected chi connectivity index (χ1v) is 12.9. The van der Waals surface area contributed by atoms with Crippen molar-refractivity contribution in [3.63, 3.8) is 0 Å². The smallest absolute Gasteiger partial charge is 0.297 e. The predicted molar refractivity (Wildman–Crippen MR) is 143 cm³/mol. The summed E-state index contributed by atoms with van der Waals surface area (Å²) in [6.45, 7) is 1.70. The molecule has 11 nitrogen and oxygen atoms in total. The normalized spacial score (nSPS) is 12.2. The minimum absolute atomic E-state index is 0.112. The molecule has 1 unspecified atom stereocenters. The number of nitrogens with zero attached hydrogens (tertiary/aromatic N) is 4. The van der Waals surface area contributed by atoms with Crippen molar-refractivity contribution in [1.82, 2.24) is 24.5 Å². The van der Waals surface area contributed by atoms with Gasteiger partial charge in [-0.2, -0.15) is 8.42 Å². The molecule has 0 fully saturated rings. The predicted octanol–water partition coefficient (Wildman–Crippen LogP) is 2.12. The molecule has 0 radical (unpaired) electrons. The molecule has 0 aliphatic rings. The number of amides is 1. The van der Waals surface area contributed by atoms with E-state index in [1.54, 1.807) is 61.5 Å². The monoisotopic (exact) mass is 527 g/mol. The van der Waals surface area contributed by atoms with Gasteiger partial charge in [0.1, 0.15) is 5.56 Å². The average molecular weight is 528 g/mol. The Morgan fingerprint density at radius 2 is 1.89 bits per heavy atom. The van der Waals surface area contributed by atoms with E-state index in [1.807, 2.05) is 6.07 Å². The molecule has 0 aliphatic carbocycles. The van der Waals surface area contributed by atoms with Gasteiger partial charge in [-0.15, -0.1) is 11.5 Å². The first kappa shape index (κ1) is 24.7. The number of rotatable bonds is 6. The van der Waals surface area contributed by atoms with Crippen molar-refractivity contribution < 1.29 is 13.2 Å². The molecule has 0 bridgehead atoms. The third-order valence-electron chi connectivity index (χ3n) is 5.90. The van der Waals surface area contributed by atoms with Crippen LogP contribution in [0.1, 0.15) is 34.6 Å². The van der Waals surface area contributed by atoms with Crippen molar-refractivity contribution in [3.8, 4) is 18.0 Å². The van der Waals surface area contributed by atoms with Gasteiger partial charge < -0.3 is 5.32 Å². The summed E-state index contributed by atoms with van der Waals surface area (Å²) in [5.41, 5.74) is 1.15. The number of aromatic nitrogens is 4. The third kappa shape index (κ3) is 4.47. The zero-order valence-corrected chi connectivity index (χ0v) is 20.8. The summed E-state index contributed by atoms with van der Waals surface area (Å²) in [6, 6.07) is 16.8. The molecule has 5 rings (SSSR count). The molecule has 0 saturated heterocycles. The molecule has 0 aliphatic heterocycles. The summed E-state index contributed by atoms with van der Waals surface area (Å²) >= 11 is 0. The first-order chi connectivity index (χ1) is 18.2. The molecule has 3 heterocycles. The van der Waals surface area contributed by atoms with Gasteiger partial charge in [0.15, 0.2) is 11.5 Å². The van der Waals surface area contributed by atoms with Crippen LogP contribution in [0.15, 0.2) is 77.9 Å². The van der Waals surface area contributed by atoms with Crippen molar-refractivity contribution in [1.29, 1.82) is 0 Å². The van der Waals surface area contributed by atoms with Crippen LogP contribution in [0.3, 0.4) is 0 Å². The number of anilines is 1. The maximum Gasteiger partial charge on any atom is 0.297 e. The molecule has 0 spiro atoms. The van der Waals surface area contributed by atoms with Gasteiger partial charge >= 0.3 is 0 Å². The summed E-state index contributed by atoms with van der Waals surface area (Å²) in [4.78, 5) is 31.4. The van der Waals surface area contributed by atoms with Crippen LogP contribution >= 0.6 is 0 Å². The van der Waals surface area contributed by atoms with E-state index in [-0.39, 0.29) is 22.6 Å². The van der Waals surface area contributed by atoms with Crippen molar-refractivity contribution in [3.05, 3.63) is 100 Å². The van der Waals surface area contributed by atoms with E-state index >= 15 is 0 Å². The highest BCUT2D eigenvalue weighted by Gasteiger charge is 2.26. The van der Waals surface area contributed by atoms with Gasteiger partial charge in [0, 0.05) is 29.3 Å². The van der Waals surface area contributed by atoms with Gasteiger partial charge in [-0.05, 0) is 42.6 Å². The summed E-state index contributed by atoms with van der Waals surface area (Å²) in [7, 11) is -4.24. The van der Waals surface area contributed by atoms with Crippen LogP contribution in [0.4, 0.5) is 5.82 Å². The lowest BCUT2D eigenvalue weighted by molar-refractivity contribution is 0.0941. The number of carbonyl (C=O) groups excluding carboxylic acids is 1. The first-order valence-electron chi connectivity index (χ1n) is 11.3. The van der Waals surface area contributed by atoms with Crippen LogP contribution < -0.4 is 20.7 Å².